The van der Waals surface area contributed by atoms with Crippen LogP contribution in [0.15, 0.2) is 33.9 Å². The molecule has 3 heterocycles. The zero-order chi connectivity index (χ0) is 20.1. The van der Waals surface area contributed by atoms with Gasteiger partial charge in [0.05, 0.1) is 27.3 Å². The van der Waals surface area contributed by atoms with Crippen LogP contribution in [0, 0.1) is 23.3 Å². The number of nitrogens with zero attached hydrogens (tertiary/aromatic N) is 1. The molecular weight excluding hydrogens is 374 g/mol. The first-order valence-electron chi connectivity index (χ1n) is 8.59. The number of pyridine rings is 2. The maximum Gasteiger partial charge on any atom is 0.198 e. The molecule has 0 saturated carbocycles. The molecule has 0 saturated heterocycles. The first-order valence-corrected chi connectivity index (χ1v) is 8.59. The van der Waals surface area contributed by atoms with E-state index in [1.165, 1.54) is 4.40 Å². The molecule has 0 aliphatic heterocycles. The maximum atomic E-state index is 14.5. The van der Waals surface area contributed by atoms with Crippen molar-refractivity contribution in [3.05, 3.63) is 73.5 Å². The molecule has 0 atom stereocenters. The van der Waals surface area contributed by atoms with E-state index in [0.29, 0.717) is 0 Å². The molecule has 5 rings (SSSR count). The molecule has 0 bridgehead atoms. The number of hydrogen-bond donors (Lipinski definition) is 0. The van der Waals surface area contributed by atoms with Crippen LogP contribution in [-0.4, -0.2) is 4.40 Å². The topological polar surface area (TPSA) is 38.5 Å². The second kappa shape index (κ2) is 5.19. The molecule has 7 heteroatoms. The van der Waals surface area contributed by atoms with Crippen LogP contribution in [0.4, 0.5) is 17.6 Å². The van der Waals surface area contributed by atoms with Crippen molar-refractivity contribution >= 4 is 38.1 Å². The van der Waals surface area contributed by atoms with Gasteiger partial charge in [-0.25, -0.2) is 17.6 Å². The van der Waals surface area contributed by atoms with Crippen LogP contribution in [0.2, 0.25) is 0 Å². The third kappa shape index (κ3) is 1.83. The van der Waals surface area contributed by atoms with Crippen molar-refractivity contribution in [2.45, 2.75) is 19.8 Å². The third-order valence-electron chi connectivity index (χ3n) is 5.35. The minimum Gasteiger partial charge on any atom is -0.307 e. The SMILES string of the molecule is CC(C)c1cc2c(=O)cc3c4c(F)c(F)c(F)c(F)c4c4cc(=O)c(c1)c2n34. The van der Waals surface area contributed by atoms with Gasteiger partial charge in [0.2, 0.25) is 0 Å². The van der Waals surface area contributed by atoms with Crippen molar-refractivity contribution in [3.8, 4) is 0 Å². The molecule has 0 aliphatic carbocycles. The van der Waals surface area contributed by atoms with Gasteiger partial charge in [-0.3, -0.25) is 9.59 Å². The summed E-state index contributed by atoms with van der Waals surface area (Å²) < 4.78 is 58.1. The summed E-state index contributed by atoms with van der Waals surface area (Å²) >= 11 is 0. The summed E-state index contributed by atoms with van der Waals surface area (Å²) in [6, 6.07) is 5.38. The second-order valence-electron chi connectivity index (χ2n) is 7.25. The summed E-state index contributed by atoms with van der Waals surface area (Å²) in [6.45, 7) is 3.80. The molecule has 140 valence electrons. The summed E-state index contributed by atoms with van der Waals surface area (Å²) in [6.07, 6.45) is 0. The molecular formula is C21H11F4NO2. The van der Waals surface area contributed by atoms with Crippen molar-refractivity contribution in [3.63, 3.8) is 0 Å². The van der Waals surface area contributed by atoms with E-state index >= 15 is 0 Å². The Balaban J connectivity index is 2.22. The highest BCUT2D eigenvalue weighted by Crippen LogP contribution is 2.37. The average Bonchev–Trinajstić information content (AvgIpc) is 2.98. The van der Waals surface area contributed by atoms with Crippen LogP contribution in [0.25, 0.3) is 38.1 Å². The highest BCUT2D eigenvalue weighted by molar-refractivity contribution is 6.14. The van der Waals surface area contributed by atoms with Gasteiger partial charge in [-0.2, -0.15) is 0 Å². The number of fused-ring (bicyclic) bond motifs is 3. The van der Waals surface area contributed by atoms with Crippen molar-refractivity contribution in [1.29, 1.82) is 0 Å². The zero-order valence-corrected chi connectivity index (χ0v) is 14.7. The molecule has 0 fully saturated rings. The Morgan fingerprint density at radius 3 is 1.54 bits per heavy atom. The molecule has 3 aromatic heterocycles. The maximum absolute atomic E-state index is 14.5. The smallest absolute Gasteiger partial charge is 0.198 e. The van der Waals surface area contributed by atoms with Gasteiger partial charge in [0.25, 0.3) is 0 Å². The first kappa shape index (κ1) is 16.9. The first-order chi connectivity index (χ1) is 13.2. The summed E-state index contributed by atoms with van der Waals surface area (Å²) in [7, 11) is 0. The lowest BCUT2D eigenvalue weighted by molar-refractivity contribution is 0.418. The Kier molecular flexibility index (Phi) is 3.13. The number of rotatable bonds is 1. The van der Waals surface area contributed by atoms with E-state index in [1.807, 2.05) is 13.8 Å². The average molecular weight is 385 g/mol. The standard InChI is InChI=1S/C21H11F4NO2/c1-7(2)8-3-9-13(27)5-11-15-16(18(23)20(25)19(24)17(15)22)12-6-14(28)10(4-8)21(9)26(11)12/h3-7H,1-2H3. The van der Waals surface area contributed by atoms with E-state index < -0.39 is 44.9 Å². The quantitative estimate of drug-likeness (QED) is 0.239. The normalized spacial score (nSPS) is 12.5. The minimum absolute atomic E-state index is 0.0340. The number of hydrogen-bond acceptors (Lipinski definition) is 2. The number of aromatic nitrogens is 1. The van der Waals surface area contributed by atoms with Crippen molar-refractivity contribution in [1.82, 2.24) is 4.40 Å². The van der Waals surface area contributed by atoms with Crippen molar-refractivity contribution < 1.29 is 17.6 Å². The lowest BCUT2D eigenvalue weighted by Gasteiger charge is -2.12. The van der Waals surface area contributed by atoms with E-state index in [4.69, 9.17) is 0 Å². The Bertz CT molecular complexity index is 1460. The summed E-state index contributed by atoms with van der Waals surface area (Å²) in [4.78, 5) is 25.5. The second-order valence-corrected chi connectivity index (χ2v) is 7.25. The van der Waals surface area contributed by atoms with Gasteiger partial charge in [-0.05, 0) is 23.6 Å². The van der Waals surface area contributed by atoms with Gasteiger partial charge < -0.3 is 4.40 Å². The Hall–Kier alpha value is -3.22. The third-order valence-corrected chi connectivity index (χ3v) is 5.35. The monoisotopic (exact) mass is 385 g/mol. The molecule has 0 N–H and O–H groups in total. The Labute approximate surface area is 154 Å². The van der Waals surface area contributed by atoms with E-state index in [-0.39, 0.29) is 33.2 Å². The van der Waals surface area contributed by atoms with Gasteiger partial charge in [0, 0.05) is 22.9 Å². The molecule has 2 aromatic carbocycles. The molecule has 28 heavy (non-hydrogen) atoms. The van der Waals surface area contributed by atoms with Crippen LogP contribution in [-0.2, 0) is 0 Å². The van der Waals surface area contributed by atoms with Gasteiger partial charge in [-0.1, -0.05) is 13.8 Å². The van der Waals surface area contributed by atoms with E-state index in [2.05, 4.69) is 0 Å². The predicted molar refractivity (Wildman–Crippen MR) is 98.7 cm³/mol. The van der Waals surface area contributed by atoms with Gasteiger partial charge >= 0.3 is 0 Å². The van der Waals surface area contributed by atoms with Crippen molar-refractivity contribution in [2.24, 2.45) is 0 Å². The van der Waals surface area contributed by atoms with E-state index in [9.17, 15) is 27.2 Å². The summed E-state index contributed by atoms with van der Waals surface area (Å²) in [5.41, 5.74) is -0.311. The molecule has 0 aliphatic rings. The van der Waals surface area contributed by atoms with Crippen molar-refractivity contribution in [2.75, 3.05) is 0 Å². The predicted octanol–water partition coefficient (Wildman–Crippen LogP) is 4.67. The fourth-order valence-electron chi connectivity index (χ4n) is 3.99. The Morgan fingerprint density at radius 2 is 1.14 bits per heavy atom. The highest BCUT2D eigenvalue weighted by Gasteiger charge is 2.28. The van der Waals surface area contributed by atoms with Gasteiger partial charge in [0.1, 0.15) is 0 Å². The largest absolute Gasteiger partial charge is 0.307 e. The van der Waals surface area contributed by atoms with Crippen LogP contribution in [0.3, 0.4) is 0 Å². The van der Waals surface area contributed by atoms with Crippen LogP contribution >= 0.6 is 0 Å². The van der Waals surface area contributed by atoms with E-state index in [1.54, 1.807) is 12.1 Å². The van der Waals surface area contributed by atoms with Crippen LogP contribution in [0.1, 0.15) is 25.3 Å². The number of halogens is 4. The summed E-state index contributed by atoms with van der Waals surface area (Å²) in [5, 5.41) is -0.706. The Morgan fingerprint density at radius 1 is 0.714 bits per heavy atom. The minimum atomic E-state index is -1.96. The van der Waals surface area contributed by atoms with E-state index in [0.717, 1.165) is 17.7 Å². The number of benzene rings is 2. The van der Waals surface area contributed by atoms with Gasteiger partial charge in [0.15, 0.2) is 34.1 Å². The molecule has 0 amide bonds. The fourth-order valence-corrected chi connectivity index (χ4v) is 3.99. The zero-order valence-electron chi connectivity index (χ0n) is 14.7. The molecule has 5 aromatic rings. The molecule has 0 radical (unpaired) electrons. The highest BCUT2D eigenvalue weighted by atomic mass is 19.2. The summed E-state index contributed by atoms with van der Waals surface area (Å²) in [5.74, 6) is -7.08. The van der Waals surface area contributed by atoms with Gasteiger partial charge in [-0.15, -0.1) is 0 Å². The fraction of sp³-hybridized carbons (Fsp3) is 0.143. The van der Waals surface area contributed by atoms with Crippen LogP contribution < -0.4 is 10.9 Å². The molecule has 3 nitrogen and oxygen atoms in total. The lowest BCUT2D eigenvalue weighted by Crippen LogP contribution is -2.11. The lowest BCUT2D eigenvalue weighted by atomic mass is 9.98. The molecule has 0 unspecified atom stereocenters. The van der Waals surface area contributed by atoms with Crippen LogP contribution in [0.5, 0.6) is 0 Å². The molecule has 0 spiro atoms.